The summed E-state index contributed by atoms with van der Waals surface area (Å²) in [5.74, 6) is -1.42. The second kappa shape index (κ2) is 11.6. The Morgan fingerprint density at radius 3 is 2.45 bits per heavy atom. The van der Waals surface area contributed by atoms with Crippen LogP contribution in [0.3, 0.4) is 0 Å². The molecule has 3 rings (SSSR count). The number of nitrogens with one attached hydrogen (secondary N) is 2. The molecule has 0 saturated carbocycles. The number of methoxy groups -OCH3 is 1. The van der Waals surface area contributed by atoms with Crippen LogP contribution in [0.1, 0.15) is 18.0 Å². The van der Waals surface area contributed by atoms with Crippen LogP contribution in [0.25, 0.3) is 11.1 Å². The topological polar surface area (TPSA) is 133 Å². The van der Waals surface area contributed by atoms with Gasteiger partial charge in [-0.05, 0) is 23.3 Å². The summed E-state index contributed by atoms with van der Waals surface area (Å²) in [6, 6.07) is 14.0. The van der Waals surface area contributed by atoms with Gasteiger partial charge in [-0.3, -0.25) is 9.59 Å². The minimum Gasteiger partial charge on any atom is -0.871 e. The van der Waals surface area contributed by atoms with Crippen LogP contribution in [0.2, 0.25) is 0 Å². The first-order chi connectivity index (χ1) is 15.3. The molecule has 33 heavy (non-hydrogen) atoms. The van der Waals surface area contributed by atoms with Gasteiger partial charge >= 0.3 is 41.6 Å². The maximum Gasteiger partial charge on any atom is 1.00 e. The molecule has 2 aromatic carbocycles. The molecule has 9 nitrogen and oxygen atoms in total. The average molecular weight is 459 g/mol. The number of amides is 2. The number of aliphatic carboxylic acids is 1. The van der Waals surface area contributed by atoms with Crippen LogP contribution >= 0.6 is 0 Å². The van der Waals surface area contributed by atoms with Gasteiger partial charge in [0, 0.05) is 18.8 Å². The van der Waals surface area contributed by atoms with E-state index in [1.807, 2.05) is 36.4 Å². The molecular weight excluding hydrogens is 437 g/mol. The Bertz CT molecular complexity index is 1200. The fraction of sp³-hybridized carbons (Fsp3) is 0.174. The Morgan fingerprint density at radius 2 is 1.82 bits per heavy atom. The number of pyridine rings is 1. The van der Waals surface area contributed by atoms with Gasteiger partial charge < -0.3 is 30.2 Å². The van der Waals surface area contributed by atoms with E-state index in [0.717, 1.165) is 21.8 Å². The van der Waals surface area contributed by atoms with E-state index in [1.165, 1.54) is 20.4 Å². The fourth-order valence-corrected chi connectivity index (χ4v) is 3.27. The molecule has 0 fully saturated rings. The number of carboxylic acids is 1. The largest absolute Gasteiger partial charge is 1.00 e. The maximum atomic E-state index is 12.6. The molecule has 0 radical (unpaired) electrons. The number of aromatic nitrogens is 1. The number of carboxylic acid groups (broad SMARTS) is 1. The Labute approximate surface area is 212 Å². The van der Waals surface area contributed by atoms with Crippen LogP contribution in [-0.2, 0) is 11.8 Å². The van der Waals surface area contributed by atoms with Gasteiger partial charge in [0.15, 0.2) is 0 Å². The third-order valence-electron chi connectivity index (χ3n) is 4.86. The van der Waals surface area contributed by atoms with E-state index >= 15 is 0 Å². The molecule has 1 aromatic heterocycles. The third kappa shape index (κ3) is 6.38. The molecule has 2 amide bonds. The zero-order valence-corrected chi connectivity index (χ0v) is 20.5. The summed E-state index contributed by atoms with van der Waals surface area (Å²) in [5.41, 5.74) is 1.05. The Balaban J connectivity index is 0.00000385. The van der Waals surface area contributed by atoms with Crippen LogP contribution in [-0.4, -0.2) is 28.8 Å². The van der Waals surface area contributed by atoms with Crippen molar-refractivity contribution < 1.29 is 54.1 Å². The van der Waals surface area contributed by atoms with Crippen molar-refractivity contribution in [3.63, 3.8) is 0 Å². The Hall–Kier alpha value is -3.27. The van der Waals surface area contributed by atoms with E-state index in [-0.39, 0.29) is 29.6 Å². The van der Waals surface area contributed by atoms with Crippen molar-refractivity contribution in [1.82, 2.24) is 9.88 Å². The normalized spacial score (nSPS) is 11.1. The predicted molar refractivity (Wildman–Crippen MR) is 117 cm³/mol. The Kier molecular flexibility index (Phi) is 9.10. The van der Waals surface area contributed by atoms with E-state index in [9.17, 15) is 24.6 Å². The van der Waals surface area contributed by atoms with Crippen LogP contribution in [0.5, 0.6) is 11.5 Å². The molecule has 3 aromatic rings. The van der Waals surface area contributed by atoms with Crippen molar-refractivity contribution >= 4 is 17.7 Å². The second-order valence-electron chi connectivity index (χ2n) is 7.04. The number of benzene rings is 2. The first-order valence-corrected chi connectivity index (χ1v) is 9.69. The van der Waals surface area contributed by atoms with Crippen molar-refractivity contribution in [2.24, 2.45) is 7.05 Å². The summed E-state index contributed by atoms with van der Waals surface area (Å²) in [5, 5.41) is 26.2. The molecule has 166 valence electrons. The fourth-order valence-electron chi connectivity index (χ4n) is 3.27. The molecule has 0 aliphatic heterocycles. The first-order valence-electron chi connectivity index (χ1n) is 9.69. The van der Waals surface area contributed by atoms with Crippen molar-refractivity contribution in [2.75, 3.05) is 12.4 Å². The predicted octanol–water partition coefficient (Wildman–Crippen LogP) is -0.524. The summed E-state index contributed by atoms with van der Waals surface area (Å²) in [4.78, 5) is 36.3. The standard InChI is InChI=1S/C23H23N3O6.Na/c1-26-11-10-18(27)21(22(26)30)25-23(31)24-17(13-20(28)29)16-12-15(8-9-19(16)32-2)14-6-4-3-5-7-14;/h3-12,17,27H,13H2,1-2H3,(H,28,29)(H2,24,25,31);/q;+1/p-1/t17-;/m0./s1. The molecule has 0 saturated heterocycles. The number of ether oxygens (including phenoxy) is 1. The minimum atomic E-state index is -1.15. The van der Waals surface area contributed by atoms with Crippen LogP contribution < -0.4 is 55.6 Å². The van der Waals surface area contributed by atoms with Crippen molar-refractivity contribution in [2.45, 2.75) is 12.5 Å². The molecule has 0 unspecified atom stereocenters. The van der Waals surface area contributed by atoms with E-state index < -0.39 is 41.5 Å². The smallest absolute Gasteiger partial charge is 0.871 e. The zero-order valence-electron chi connectivity index (χ0n) is 18.5. The number of urea groups is 1. The van der Waals surface area contributed by atoms with Gasteiger partial charge in [-0.15, -0.1) is 0 Å². The number of hydrogen-bond donors (Lipinski definition) is 3. The molecule has 0 spiro atoms. The zero-order chi connectivity index (χ0) is 23.3. The number of hydrogen-bond acceptors (Lipinski definition) is 5. The van der Waals surface area contributed by atoms with E-state index in [1.54, 1.807) is 12.1 Å². The summed E-state index contributed by atoms with van der Waals surface area (Å²) < 4.78 is 6.54. The number of anilines is 1. The molecule has 1 atom stereocenters. The van der Waals surface area contributed by atoms with Gasteiger partial charge in [0.25, 0.3) is 5.56 Å². The summed E-state index contributed by atoms with van der Waals surface area (Å²) >= 11 is 0. The molecule has 3 N–H and O–H groups in total. The van der Waals surface area contributed by atoms with E-state index in [0.29, 0.717) is 11.3 Å². The quantitative estimate of drug-likeness (QED) is 0.407. The minimum absolute atomic E-state index is 0. The number of aryl methyl sites for hydroxylation is 1. The van der Waals surface area contributed by atoms with Gasteiger partial charge in [0.2, 0.25) is 0 Å². The van der Waals surface area contributed by atoms with Gasteiger partial charge in [0.05, 0.1) is 19.6 Å². The summed E-state index contributed by atoms with van der Waals surface area (Å²) in [6.07, 6.45) is 0.847. The molecule has 0 aliphatic carbocycles. The van der Waals surface area contributed by atoms with Gasteiger partial charge in [-0.2, -0.15) is 0 Å². The van der Waals surface area contributed by atoms with Crippen LogP contribution in [0.15, 0.2) is 65.6 Å². The number of nitrogens with zero attached hydrogens (tertiary/aromatic N) is 1. The number of carbonyl (C=O) groups excluding carboxylic acids is 1. The van der Waals surface area contributed by atoms with Crippen LogP contribution in [0, 0.1) is 0 Å². The van der Waals surface area contributed by atoms with Gasteiger partial charge in [0.1, 0.15) is 11.4 Å². The van der Waals surface area contributed by atoms with E-state index in [2.05, 4.69) is 10.6 Å². The van der Waals surface area contributed by atoms with Crippen molar-refractivity contribution in [3.05, 3.63) is 76.7 Å². The monoisotopic (exact) mass is 459 g/mol. The van der Waals surface area contributed by atoms with Crippen LogP contribution in [0.4, 0.5) is 10.5 Å². The molecule has 0 bridgehead atoms. The summed E-state index contributed by atoms with van der Waals surface area (Å²) in [6.45, 7) is 0. The van der Waals surface area contributed by atoms with Crippen molar-refractivity contribution in [3.8, 4) is 22.6 Å². The maximum absolute atomic E-state index is 12.6. The molecule has 1 heterocycles. The molecular formula is C23H22N3NaO6. The average Bonchev–Trinajstić information content (AvgIpc) is 2.78. The van der Waals surface area contributed by atoms with Gasteiger partial charge in [-0.25, -0.2) is 4.79 Å². The van der Waals surface area contributed by atoms with Gasteiger partial charge in [-0.1, -0.05) is 48.2 Å². The first kappa shape index (κ1) is 26.0. The summed E-state index contributed by atoms with van der Waals surface area (Å²) in [7, 11) is 2.88. The second-order valence-corrected chi connectivity index (χ2v) is 7.04. The molecule has 10 heteroatoms. The SMILES string of the molecule is COc1ccc(-c2ccccc2)cc1[C@H](CC(=O)O)NC(=O)Nc1c([O-])ccn(C)c1=O.[Na+]. The van der Waals surface area contributed by atoms with E-state index in [4.69, 9.17) is 4.74 Å². The third-order valence-corrected chi connectivity index (χ3v) is 4.86. The van der Waals surface area contributed by atoms with Crippen molar-refractivity contribution in [1.29, 1.82) is 0 Å². The number of rotatable bonds is 7. The Morgan fingerprint density at radius 1 is 1.12 bits per heavy atom. The molecule has 0 aliphatic rings. The number of carbonyl (C=O) groups is 2.